The van der Waals surface area contributed by atoms with Gasteiger partial charge in [0.05, 0.1) is 29.9 Å². The molecule has 6 aliphatic rings. The van der Waals surface area contributed by atoms with Crippen molar-refractivity contribution < 1.29 is 23.8 Å². The molecule has 8 rings (SSSR count). The summed E-state index contributed by atoms with van der Waals surface area (Å²) >= 11 is 6.80. The van der Waals surface area contributed by atoms with Crippen molar-refractivity contribution in [3.8, 4) is 6.01 Å². The lowest BCUT2D eigenvalue weighted by molar-refractivity contribution is 0.0122. The molecular formula is C39H54ClN7O5. The summed E-state index contributed by atoms with van der Waals surface area (Å²) in [6, 6.07) is 7.01. The number of benzene rings is 1. The molecule has 12 nitrogen and oxygen atoms in total. The standard InChI is InChI=1S/C39H54ClN7O5/c1-38(2,3)52-37(49)47-26-12-13-27(47)21-45(20-26)34-29-15-19-44(32-9-6-8-30(40)33(32)25-10-11-25)22-31(29)41-35(42-34)51-24-39-16-7-18-46(39)28(14-17-39)23-50-36(48)43(4)5/h6,8-9,25-28H,7,10-24H2,1-5H3/t26-,27+,28?,39?. The summed E-state index contributed by atoms with van der Waals surface area (Å²) in [6.45, 7) is 10.5. The van der Waals surface area contributed by atoms with Crippen molar-refractivity contribution in [1.29, 1.82) is 0 Å². The van der Waals surface area contributed by atoms with E-state index in [0.29, 0.717) is 44.8 Å². The van der Waals surface area contributed by atoms with Crippen LogP contribution in [0.2, 0.25) is 5.02 Å². The van der Waals surface area contributed by atoms with Crippen molar-refractivity contribution in [1.82, 2.24) is 24.7 Å². The number of piperazine rings is 1. The van der Waals surface area contributed by atoms with Gasteiger partial charge in [0, 0.05) is 56.0 Å². The molecule has 13 heteroatoms. The number of hydrogen-bond acceptors (Lipinski definition) is 10. The van der Waals surface area contributed by atoms with E-state index in [1.54, 1.807) is 14.1 Å². The normalized spacial score (nSPS) is 27.0. The maximum atomic E-state index is 13.3. The predicted molar refractivity (Wildman–Crippen MR) is 200 cm³/mol. The Kier molecular flexibility index (Phi) is 9.37. The van der Waals surface area contributed by atoms with E-state index >= 15 is 0 Å². The highest BCUT2D eigenvalue weighted by molar-refractivity contribution is 6.31. The molecule has 1 aliphatic carbocycles. The molecule has 282 valence electrons. The zero-order valence-electron chi connectivity index (χ0n) is 31.4. The lowest BCUT2D eigenvalue weighted by Gasteiger charge is -2.43. The Morgan fingerprint density at radius 1 is 1.00 bits per heavy atom. The fourth-order valence-corrected chi connectivity index (χ4v) is 9.80. The summed E-state index contributed by atoms with van der Waals surface area (Å²) in [5.41, 5.74) is 3.98. The second-order valence-corrected chi connectivity index (χ2v) is 17.4. The number of amides is 2. The molecule has 2 unspecified atom stereocenters. The van der Waals surface area contributed by atoms with Crippen molar-refractivity contribution in [2.24, 2.45) is 0 Å². The van der Waals surface area contributed by atoms with Crippen LogP contribution in [-0.4, -0.2) is 120 Å². The summed E-state index contributed by atoms with van der Waals surface area (Å²) in [4.78, 5) is 46.6. The van der Waals surface area contributed by atoms with Crippen LogP contribution in [0, 0.1) is 0 Å². The summed E-state index contributed by atoms with van der Waals surface area (Å²) in [6.07, 6.45) is 8.62. The lowest BCUT2D eigenvalue weighted by atomic mass is 9.95. The fraction of sp³-hybridized carbons (Fsp3) is 0.692. The van der Waals surface area contributed by atoms with E-state index in [1.807, 2.05) is 31.7 Å². The van der Waals surface area contributed by atoms with Gasteiger partial charge in [-0.3, -0.25) is 9.80 Å². The number of ether oxygens (including phenoxy) is 3. The van der Waals surface area contributed by atoms with Crippen molar-refractivity contribution >= 4 is 35.3 Å². The third-order valence-corrected chi connectivity index (χ3v) is 12.4. The van der Waals surface area contributed by atoms with Crippen LogP contribution in [-0.2, 0) is 22.4 Å². The van der Waals surface area contributed by atoms with Gasteiger partial charge in [-0.25, -0.2) is 9.59 Å². The number of nitrogens with zero attached hydrogens (tertiary/aromatic N) is 7. The number of carbonyl (C=O) groups is 2. The maximum Gasteiger partial charge on any atom is 0.410 e. The van der Waals surface area contributed by atoms with Crippen LogP contribution in [0.15, 0.2) is 18.2 Å². The number of halogens is 1. The summed E-state index contributed by atoms with van der Waals surface area (Å²) < 4.78 is 18.2. The molecule has 2 bridgehead atoms. The second-order valence-electron chi connectivity index (χ2n) is 17.0. The molecule has 2 aromatic rings. The molecule has 5 fully saturated rings. The van der Waals surface area contributed by atoms with Crippen LogP contribution in [0.25, 0.3) is 0 Å². The fourth-order valence-electron chi connectivity index (χ4n) is 9.47. The summed E-state index contributed by atoms with van der Waals surface area (Å²) in [5.74, 6) is 1.46. The molecule has 0 spiro atoms. The average molecular weight is 736 g/mol. The van der Waals surface area contributed by atoms with Gasteiger partial charge in [0.2, 0.25) is 0 Å². The zero-order valence-corrected chi connectivity index (χ0v) is 32.2. The van der Waals surface area contributed by atoms with Crippen LogP contribution in [0.4, 0.5) is 21.1 Å². The van der Waals surface area contributed by atoms with Crippen LogP contribution < -0.4 is 14.5 Å². The van der Waals surface area contributed by atoms with E-state index in [1.165, 1.54) is 34.6 Å². The summed E-state index contributed by atoms with van der Waals surface area (Å²) in [7, 11) is 3.42. The number of anilines is 2. The monoisotopic (exact) mass is 735 g/mol. The van der Waals surface area contributed by atoms with Gasteiger partial charge >= 0.3 is 18.2 Å². The minimum Gasteiger partial charge on any atom is -0.461 e. The Labute approximate surface area is 312 Å². The minimum absolute atomic E-state index is 0.0687. The Hall–Kier alpha value is -3.51. The number of hydrogen-bond donors (Lipinski definition) is 0. The van der Waals surface area contributed by atoms with E-state index in [-0.39, 0.29) is 35.9 Å². The maximum absolute atomic E-state index is 13.3. The van der Waals surface area contributed by atoms with Crippen molar-refractivity contribution in [2.75, 3.05) is 63.3 Å². The van der Waals surface area contributed by atoms with Crippen LogP contribution in [0.5, 0.6) is 6.01 Å². The molecule has 1 aromatic heterocycles. The first-order chi connectivity index (χ1) is 24.9. The van der Waals surface area contributed by atoms with E-state index < -0.39 is 5.60 Å². The minimum atomic E-state index is -0.537. The van der Waals surface area contributed by atoms with E-state index in [0.717, 1.165) is 74.6 Å². The highest BCUT2D eigenvalue weighted by Crippen LogP contribution is 2.49. The first-order valence-electron chi connectivity index (χ1n) is 19.3. The van der Waals surface area contributed by atoms with Crippen LogP contribution in [0.3, 0.4) is 0 Å². The van der Waals surface area contributed by atoms with Gasteiger partial charge in [-0.05, 0) is 109 Å². The molecule has 52 heavy (non-hydrogen) atoms. The first-order valence-corrected chi connectivity index (χ1v) is 19.7. The van der Waals surface area contributed by atoms with Gasteiger partial charge in [0.1, 0.15) is 24.6 Å². The molecule has 2 amide bonds. The van der Waals surface area contributed by atoms with Gasteiger partial charge < -0.3 is 28.9 Å². The largest absolute Gasteiger partial charge is 0.461 e. The highest BCUT2D eigenvalue weighted by atomic mass is 35.5. The Morgan fingerprint density at radius 3 is 2.48 bits per heavy atom. The molecule has 4 atom stereocenters. The molecule has 0 N–H and O–H groups in total. The zero-order chi connectivity index (χ0) is 36.4. The molecule has 4 saturated heterocycles. The number of aromatic nitrogens is 2. The van der Waals surface area contributed by atoms with Gasteiger partial charge in [-0.1, -0.05) is 17.7 Å². The molecule has 0 radical (unpaired) electrons. The number of rotatable bonds is 8. The second kappa shape index (κ2) is 13.7. The van der Waals surface area contributed by atoms with Gasteiger partial charge in [0.25, 0.3) is 0 Å². The third-order valence-electron chi connectivity index (χ3n) is 12.0. The molecule has 6 heterocycles. The van der Waals surface area contributed by atoms with Gasteiger partial charge in [-0.2, -0.15) is 9.97 Å². The SMILES string of the molecule is CN(C)C(=O)OCC1CCC2(COc3nc4c(c(N5C[C@H]6CC[C@@H](C5)N6C(=O)OC(C)(C)C)n3)CCN(c3cccc(Cl)c3C3CC3)C4)CCCN12. The number of fused-ring (bicyclic) bond motifs is 4. The first kappa shape index (κ1) is 35.5. The van der Waals surface area contributed by atoms with Gasteiger partial charge in [0.15, 0.2) is 0 Å². The van der Waals surface area contributed by atoms with Crippen molar-refractivity contribution in [3.05, 3.63) is 40.0 Å². The van der Waals surface area contributed by atoms with Crippen LogP contribution >= 0.6 is 11.6 Å². The van der Waals surface area contributed by atoms with Crippen molar-refractivity contribution in [3.63, 3.8) is 0 Å². The number of carbonyl (C=O) groups excluding carboxylic acids is 2. The quantitative estimate of drug-likeness (QED) is 0.310. The topological polar surface area (TPSA) is 104 Å². The van der Waals surface area contributed by atoms with Gasteiger partial charge in [-0.15, -0.1) is 0 Å². The molecule has 1 aromatic carbocycles. The van der Waals surface area contributed by atoms with E-state index in [2.05, 4.69) is 26.8 Å². The summed E-state index contributed by atoms with van der Waals surface area (Å²) in [5, 5.41) is 0.850. The molecule has 1 saturated carbocycles. The Morgan fingerprint density at radius 2 is 1.77 bits per heavy atom. The smallest absolute Gasteiger partial charge is 0.410 e. The third kappa shape index (κ3) is 6.85. The highest BCUT2D eigenvalue weighted by Gasteiger charge is 2.50. The Balaban J connectivity index is 1.06. The van der Waals surface area contributed by atoms with Crippen molar-refractivity contribution in [2.45, 2.75) is 120 Å². The van der Waals surface area contributed by atoms with E-state index in [9.17, 15) is 9.59 Å². The molecular weight excluding hydrogens is 682 g/mol. The lowest BCUT2D eigenvalue weighted by Crippen LogP contribution is -2.57. The average Bonchev–Trinajstić information content (AvgIpc) is 3.68. The predicted octanol–water partition coefficient (Wildman–Crippen LogP) is 6.23. The molecule has 5 aliphatic heterocycles. The Bertz CT molecular complexity index is 1680. The van der Waals surface area contributed by atoms with Crippen LogP contribution in [0.1, 0.15) is 94.9 Å². The van der Waals surface area contributed by atoms with E-state index in [4.69, 9.17) is 35.8 Å².